The van der Waals surface area contributed by atoms with Crippen LogP contribution in [0.25, 0.3) is 22.3 Å². The van der Waals surface area contributed by atoms with E-state index in [-0.39, 0.29) is 5.91 Å². The summed E-state index contributed by atoms with van der Waals surface area (Å²) in [7, 11) is 1.96. The Morgan fingerprint density at radius 2 is 1.98 bits per heavy atom. The number of anilines is 3. The molecule has 1 atom stereocenters. The molecule has 0 radical (unpaired) electrons. The van der Waals surface area contributed by atoms with Crippen LogP contribution in [-0.4, -0.2) is 87.0 Å². The molecule has 0 spiro atoms. The summed E-state index contributed by atoms with van der Waals surface area (Å²) in [6.45, 7) is 5.69. The number of hydrogen-bond acceptors (Lipinski definition) is 9. The highest BCUT2D eigenvalue weighted by molar-refractivity contribution is 6.06. The largest absolute Gasteiger partial charge is 0.387 e. The van der Waals surface area contributed by atoms with E-state index >= 15 is 0 Å². The number of aliphatic hydroxyl groups is 1. The predicted octanol–water partition coefficient (Wildman–Crippen LogP) is 2.68. The van der Waals surface area contributed by atoms with Crippen LogP contribution in [0, 0.1) is 0 Å². The molecule has 4 aromatic rings. The third kappa shape index (κ3) is 4.90. The molecule has 11 heteroatoms. The van der Waals surface area contributed by atoms with Crippen LogP contribution in [-0.2, 0) is 18.3 Å². The first-order chi connectivity index (χ1) is 20.0. The maximum absolute atomic E-state index is 12.9. The van der Waals surface area contributed by atoms with Gasteiger partial charge in [-0.15, -0.1) is 0 Å². The number of aryl methyl sites for hydroxylation is 1. The summed E-state index contributed by atoms with van der Waals surface area (Å²) in [5, 5.41) is 18.7. The first-order valence-electron chi connectivity index (χ1n) is 14.2. The smallest absolute Gasteiger partial charge is 0.254 e. The summed E-state index contributed by atoms with van der Waals surface area (Å²) in [4.78, 5) is 31.4. The number of nitrogens with zero attached hydrogens (tertiary/aromatic N) is 6. The van der Waals surface area contributed by atoms with Crippen LogP contribution < -0.4 is 15.5 Å². The zero-order chi connectivity index (χ0) is 28.0. The van der Waals surface area contributed by atoms with Gasteiger partial charge in [0.1, 0.15) is 11.5 Å². The number of ether oxygens (including phenoxy) is 1. The molecular weight excluding hydrogens is 520 g/mol. The van der Waals surface area contributed by atoms with Crippen molar-refractivity contribution < 1.29 is 14.6 Å². The van der Waals surface area contributed by atoms with E-state index in [2.05, 4.69) is 30.4 Å². The second kappa shape index (κ2) is 10.4. The van der Waals surface area contributed by atoms with E-state index in [9.17, 15) is 9.90 Å². The molecule has 7 rings (SSSR count). The Bertz CT molecular complexity index is 1600. The average Bonchev–Trinajstić information content (AvgIpc) is 3.57. The van der Waals surface area contributed by atoms with Crippen LogP contribution in [0.5, 0.6) is 0 Å². The summed E-state index contributed by atoms with van der Waals surface area (Å²) in [6.07, 6.45) is 9.00. The summed E-state index contributed by atoms with van der Waals surface area (Å²) >= 11 is 0. The molecule has 2 saturated heterocycles. The van der Waals surface area contributed by atoms with Gasteiger partial charge < -0.3 is 29.9 Å². The monoisotopic (exact) mass is 554 g/mol. The van der Waals surface area contributed by atoms with Crippen molar-refractivity contribution in [1.29, 1.82) is 0 Å². The molecular formula is C30H34N8O3. The third-order valence-corrected chi connectivity index (χ3v) is 8.41. The lowest BCUT2D eigenvalue weighted by molar-refractivity contribution is -0.0382. The highest BCUT2D eigenvalue weighted by Crippen LogP contribution is 2.36. The van der Waals surface area contributed by atoms with Gasteiger partial charge in [-0.2, -0.15) is 0 Å². The maximum atomic E-state index is 12.9. The van der Waals surface area contributed by atoms with Crippen molar-refractivity contribution in [3.8, 4) is 11.3 Å². The average molecular weight is 555 g/mol. The fourth-order valence-corrected chi connectivity index (χ4v) is 6.36. The highest BCUT2D eigenvalue weighted by Gasteiger charge is 2.35. The molecule has 0 aromatic carbocycles. The number of morpholine rings is 1. The topological polar surface area (TPSA) is 121 Å². The van der Waals surface area contributed by atoms with Gasteiger partial charge in [-0.3, -0.25) is 14.7 Å². The normalized spacial score (nSPS) is 21.2. The predicted molar refractivity (Wildman–Crippen MR) is 156 cm³/mol. The minimum absolute atomic E-state index is 0.131. The van der Waals surface area contributed by atoms with Gasteiger partial charge in [0.05, 0.1) is 53.8 Å². The van der Waals surface area contributed by atoms with Crippen LogP contribution in [0.1, 0.15) is 28.8 Å². The molecule has 11 nitrogen and oxygen atoms in total. The van der Waals surface area contributed by atoms with E-state index < -0.39 is 5.60 Å². The van der Waals surface area contributed by atoms with E-state index in [1.54, 1.807) is 12.4 Å². The van der Waals surface area contributed by atoms with E-state index in [1.807, 2.05) is 48.3 Å². The number of carbonyl (C=O) groups excluding carboxylic acids is 1. The van der Waals surface area contributed by atoms with Crippen molar-refractivity contribution >= 4 is 34.1 Å². The molecule has 4 aromatic heterocycles. The number of β-amino-alcohol motifs (C(OH)–C–C–N with tert-alkyl or cyclic N) is 1. The molecule has 7 heterocycles. The number of fused-ring (bicyclic) bond motifs is 2. The van der Waals surface area contributed by atoms with Gasteiger partial charge in [-0.05, 0) is 37.1 Å². The van der Waals surface area contributed by atoms with Gasteiger partial charge >= 0.3 is 0 Å². The SMILES string of the molecule is Cn1ccc2c(-c3ncc(Nc4ccc(N5CCC[C@@](O)(CN6CCOCC6)C5)cn4)c4c3CNC4=O)ccnc21. The van der Waals surface area contributed by atoms with Crippen LogP contribution in [0.15, 0.2) is 49.1 Å². The number of amides is 1. The number of carbonyl (C=O) groups is 1. The van der Waals surface area contributed by atoms with Crippen molar-refractivity contribution in [1.82, 2.24) is 29.7 Å². The van der Waals surface area contributed by atoms with Gasteiger partial charge in [-0.25, -0.2) is 9.97 Å². The summed E-state index contributed by atoms with van der Waals surface area (Å²) in [5.41, 5.74) is 4.88. The third-order valence-electron chi connectivity index (χ3n) is 8.41. The van der Waals surface area contributed by atoms with Gasteiger partial charge in [-0.1, -0.05) is 0 Å². The zero-order valence-electron chi connectivity index (χ0n) is 23.1. The highest BCUT2D eigenvalue weighted by atomic mass is 16.5. The van der Waals surface area contributed by atoms with E-state index in [1.165, 1.54) is 0 Å². The van der Waals surface area contributed by atoms with Crippen LogP contribution in [0.4, 0.5) is 17.2 Å². The lowest BCUT2D eigenvalue weighted by atomic mass is 9.91. The van der Waals surface area contributed by atoms with E-state index in [4.69, 9.17) is 9.72 Å². The summed E-state index contributed by atoms with van der Waals surface area (Å²) in [5.74, 6) is 0.495. The molecule has 3 aliphatic heterocycles. The van der Waals surface area contributed by atoms with E-state index in [0.29, 0.717) is 36.7 Å². The van der Waals surface area contributed by atoms with Crippen molar-refractivity contribution in [2.75, 3.05) is 56.2 Å². The fraction of sp³-hybridized carbons (Fsp3) is 0.400. The number of nitrogens with one attached hydrogen (secondary N) is 2. The van der Waals surface area contributed by atoms with Crippen LogP contribution in [0.2, 0.25) is 0 Å². The minimum Gasteiger partial charge on any atom is -0.387 e. The molecule has 1 amide bonds. The maximum Gasteiger partial charge on any atom is 0.254 e. The summed E-state index contributed by atoms with van der Waals surface area (Å²) in [6, 6.07) is 7.90. The number of hydrogen-bond donors (Lipinski definition) is 3. The van der Waals surface area contributed by atoms with Gasteiger partial charge in [0.2, 0.25) is 0 Å². The Kier molecular flexibility index (Phi) is 6.57. The molecule has 212 valence electrons. The Morgan fingerprint density at radius 1 is 1.10 bits per heavy atom. The molecule has 3 aliphatic rings. The van der Waals surface area contributed by atoms with Gasteiger partial charge in [0.25, 0.3) is 5.91 Å². The number of aromatic nitrogens is 4. The molecule has 3 N–H and O–H groups in total. The van der Waals surface area contributed by atoms with Crippen molar-refractivity contribution in [2.45, 2.75) is 25.0 Å². The van der Waals surface area contributed by atoms with E-state index in [0.717, 1.165) is 79.2 Å². The quantitative estimate of drug-likeness (QED) is 0.330. The number of rotatable bonds is 6. The molecule has 0 unspecified atom stereocenters. The first-order valence-corrected chi connectivity index (χ1v) is 14.2. The molecule has 41 heavy (non-hydrogen) atoms. The lowest BCUT2D eigenvalue weighted by Gasteiger charge is -2.43. The second-order valence-electron chi connectivity index (χ2n) is 11.2. The first kappa shape index (κ1) is 25.9. The van der Waals surface area contributed by atoms with Crippen LogP contribution in [0.3, 0.4) is 0 Å². The number of pyridine rings is 3. The molecule has 0 bridgehead atoms. The van der Waals surface area contributed by atoms with Crippen molar-refractivity contribution in [3.05, 3.63) is 60.2 Å². The lowest BCUT2D eigenvalue weighted by Crippen LogP contribution is -2.56. The van der Waals surface area contributed by atoms with Crippen molar-refractivity contribution in [2.24, 2.45) is 7.05 Å². The van der Waals surface area contributed by atoms with Crippen molar-refractivity contribution in [3.63, 3.8) is 0 Å². The molecule has 0 saturated carbocycles. The Hall–Kier alpha value is -4.06. The molecule has 2 fully saturated rings. The fourth-order valence-electron chi connectivity index (χ4n) is 6.36. The summed E-state index contributed by atoms with van der Waals surface area (Å²) < 4.78 is 7.44. The minimum atomic E-state index is -0.756. The molecule has 0 aliphatic carbocycles. The van der Waals surface area contributed by atoms with Crippen LogP contribution >= 0.6 is 0 Å². The standard InChI is InChI=1S/C30H34N8O3/c1-36-10-6-22-21(5-8-31-28(22)36)27-23-16-34-29(39)26(23)24(17-33-27)35-25-4-3-20(15-32-25)38-9-2-7-30(40,19-38)18-37-11-13-41-14-12-37/h3-6,8,10,15,17,40H,2,7,9,11-14,16,18-19H2,1H3,(H,32,35)(H,34,39)/t30-/m1/s1. The zero-order valence-corrected chi connectivity index (χ0v) is 23.1. The Labute approximate surface area is 238 Å². The second-order valence-corrected chi connectivity index (χ2v) is 11.2. The Morgan fingerprint density at radius 3 is 2.80 bits per heavy atom. The van der Waals surface area contributed by atoms with Gasteiger partial charge in [0.15, 0.2) is 0 Å². The van der Waals surface area contributed by atoms with Gasteiger partial charge in [0, 0.05) is 75.2 Å². The Balaban J connectivity index is 1.11. The number of piperidine rings is 1.